The molecule has 36 heavy (non-hydrogen) atoms. The van der Waals surface area contributed by atoms with E-state index in [9.17, 15) is 0 Å². The van der Waals surface area contributed by atoms with Crippen molar-refractivity contribution in [2.45, 2.75) is 19.9 Å². The molecule has 0 aliphatic rings. The molecule has 0 bridgehead atoms. The first kappa shape index (κ1) is 21.9. The number of nitrogens with zero attached hydrogens (tertiary/aromatic N) is 3. The molecule has 0 atom stereocenters. The second-order valence-corrected chi connectivity index (χ2v) is 9.34. The summed E-state index contributed by atoms with van der Waals surface area (Å²) in [5.41, 5.74) is 14.8. The minimum absolute atomic E-state index is 0.234. The fourth-order valence-electron chi connectivity index (χ4n) is 5.15. The van der Waals surface area contributed by atoms with Gasteiger partial charge in [-0.15, -0.1) is 0 Å². The Morgan fingerprint density at radius 1 is 0.722 bits per heavy atom. The predicted molar refractivity (Wildman–Crippen MR) is 152 cm³/mol. The van der Waals surface area contributed by atoms with E-state index in [1.807, 2.05) is 42.6 Å². The van der Waals surface area contributed by atoms with E-state index in [1.165, 1.54) is 16.3 Å². The highest BCUT2D eigenvalue weighted by molar-refractivity contribution is 6.10. The van der Waals surface area contributed by atoms with Crippen LogP contribution in [0.4, 0.5) is 17.1 Å². The van der Waals surface area contributed by atoms with Gasteiger partial charge in [0.2, 0.25) is 0 Å². The third-order valence-electron chi connectivity index (χ3n) is 6.71. The van der Waals surface area contributed by atoms with E-state index in [4.69, 9.17) is 5.73 Å². The summed E-state index contributed by atoms with van der Waals surface area (Å²) in [6, 6.07) is 38.3. The van der Waals surface area contributed by atoms with Gasteiger partial charge in [0, 0.05) is 39.9 Å². The number of aromatic nitrogens is 2. The predicted octanol–water partition coefficient (Wildman–Crippen LogP) is 7.97. The van der Waals surface area contributed by atoms with Crippen molar-refractivity contribution in [2.24, 2.45) is 0 Å². The molecule has 0 saturated heterocycles. The Hall–Kier alpha value is -4.57. The monoisotopic (exact) mass is 468 g/mol. The third kappa shape index (κ3) is 3.68. The first-order chi connectivity index (χ1) is 17.6. The molecule has 0 fully saturated rings. The van der Waals surface area contributed by atoms with Crippen molar-refractivity contribution in [2.75, 3.05) is 10.6 Å². The highest BCUT2D eigenvalue weighted by Crippen LogP contribution is 2.38. The van der Waals surface area contributed by atoms with E-state index in [1.54, 1.807) is 0 Å². The topological polar surface area (TPSA) is 47.1 Å². The molecule has 4 heteroatoms. The van der Waals surface area contributed by atoms with Gasteiger partial charge >= 0.3 is 0 Å². The van der Waals surface area contributed by atoms with Crippen LogP contribution in [0.2, 0.25) is 0 Å². The van der Waals surface area contributed by atoms with Crippen molar-refractivity contribution in [3.8, 4) is 16.9 Å². The van der Waals surface area contributed by atoms with Crippen LogP contribution in [0.3, 0.4) is 0 Å². The second-order valence-electron chi connectivity index (χ2n) is 9.34. The molecular weight excluding hydrogens is 440 g/mol. The maximum Gasteiger partial charge on any atom is 0.0702 e. The van der Waals surface area contributed by atoms with Crippen molar-refractivity contribution >= 4 is 38.9 Å². The molecule has 0 radical (unpaired) electrons. The Morgan fingerprint density at radius 3 is 2.31 bits per heavy atom. The highest BCUT2D eigenvalue weighted by atomic mass is 15.2. The zero-order valence-corrected chi connectivity index (χ0v) is 20.5. The zero-order chi connectivity index (χ0) is 24.6. The van der Waals surface area contributed by atoms with E-state index < -0.39 is 0 Å². The molecule has 0 saturated carbocycles. The van der Waals surface area contributed by atoms with Gasteiger partial charge in [0.1, 0.15) is 0 Å². The first-order valence-corrected chi connectivity index (χ1v) is 12.3. The summed E-state index contributed by atoms with van der Waals surface area (Å²) in [4.78, 5) is 6.87. The van der Waals surface area contributed by atoms with Crippen LogP contribution in [0.5, 0.6) is 0 Å². The number of nitrogens with two attached hydrogens (primary N) is 1. The van der Waals surface area contributed by atoms with Gasteiger partial charge in [-0.05, 0) is 68.4 Å². The van der Waals surface area contributed by atoms with Gasteiger partial charge in [0.25, 0.3) is 0 Å². The molecule has 6 aromatic rings. The molecule has 6 rings (SSSR count). The lowest BCUT2D eigenvalue weighted by Crippen LogP contribution is -2.26. The lowest BCUT2D eigenvalue weighted by Gasteiger charge is -2.30. The minimum Gasteiger partial charge on any atom is -0.397 e. The molecule has 4 aromatic carbocycles. The third-order valence-corrected chi connectivity index (χ3v) is 6.71. The molecule has 176 valence electrons. The fourth-order valence-corrected chi connectivity index (χ4v) is 5.15. The number of pyridine rings is 1. The number of fused-ring (bicyclic) bond motifs is 3. The number of benzene rings is 4. The van der Waals surface area contributed by atoms with Crippen LogP contribution < -0.4 is 10.6 Å². The summed E-state index contributed by atoms with van der Waals surface area (Å²) in [6.07, 6.45) is 1.84. The number of hydrogen-bond acceptors (Lipinski definition) is 3. The van der Waals surface area contributed by atoms with Crippen molar-refractivity contribution in [3.05, 3.63) is 115 Å². The second kappa shape index (κ2) is 8.90. The van der Waals surface area contributed by atoms with Crippen molar-refractivity contribution in [3.63, 3.8) is 0 Å². The van der Waals surface area contributed by atoms with Crippen molar-refractivity contribution in [1.29, 1.82) is 0 Å². The van der Waals surface area contributed by atoms with Crippen LogP contribution in [0.1, 0.15) is 13.8 Å². The average molecular weight is 469 g/mol. The van der Waals surface area contributed by atoms with E-state index in [0.29, 0.717) is 0 Å². The maximum absolute atomic E-state index is 6.41. The fraction of sp³-hybridized carbons (Fsp3) is 0.0938. The summed E-state index contributed by atoms with van der Waals surface area (Å²) in [5, 5.41) is 2.46. The summed E-state index contributed by atoms with van der Waals surface area (Å²) >= 11 is 0. The maximum atomic E-state index is 6.41. The Labute approximate surface area is 211 Å². The molecule has 0 spiro atoms. The van der Waals surface area contributed by atoms with Crippen LogP contribution in [-0.2, 0) is 0 Å². The lowest BCUT2D eigenvalue weighted by atomic mass is 10.1. The minimum atomic E-state index is 0.234. The van der Waals surface area contributed by atoms with Crippen LogP contribution in [0.15, 0.2) is 115 Å². The summed E-state index contributed by atoms with van der Waals surface area (Å²) in [5.74, 6) is 0. The highest BCUT2D eigenvalue weighted by Gasteiger charge is 2.19. The first-order valence-electron chi connectivity index (χ1n) is 12.3. The van der Waals surface area contributed by atoms with Crippen LogP contribution >= 0.6 is 0 Å². The quantitative estimate of drug-likeness (QED) is 0.261. The van der Waals surface area contributed by atoms with Gasteiger partial charge in [0.15, 0.2) is 0 Å². The number of rotatable bonds is 5. The van der Waals surface area contributed by atoms with Gasteiger partial charge in [0.05, 0.1) is 28.1 Å². The summed E-state index contributed by atoms with van der Waals surface area (Å²) in [7, 11) is 0. The molecule has 0 amide bonds. The smallest absolute Gasteiger partial charge is 0.0702 e. The molecule has 2 heterocycles. The Bertz CT molecular complexity index is 1680. The van der Waals surface area contributed by atoms with Gasteiger partial charge in [-0.1, -0.05) is 54.6 Å². The molecule has 2 N–H and O–H groups in total. The molecule has 4 nitrogen and oxygen atoms in total. The number of para-hydroxylation sites is 3. The van der Waals surface area contributed by atoms with Crippen LogP contribution in [0, 0.1) is 0 Å². The van der Waals surface area contributed by atoms with E-state index in [0.717, 1.165) is 39.5 Å². The zero-order valence-electron chi connectivity index (χ0n) is 20.5. The summed E-state index contributed by atoms with van der Waals surface area (Å²) < 4.78 is 2.35. The SMILES string of the molecule is CC(C)N(c1ccc2c3ccccc3n(-c3cccc(-c4ccccn4)c3)c2c1)c1ccccc1N. The van der Waals surface area contributed by atoms with Crippen LogP contribution in [-0.4, -0.2) is 15.6 Å². The molecule has 2 aromatic heterocycles. The normalized spacial score (nSPS) is 11.4. The van der Waals surface area contributed by atoms with Crippen molar-refractivity contribution in [1.82, 2.24) is 9.55 Å². The van der Waals surface area contributed by atoms with Gasteiger partial charge in [-0.25, -0.2) is 0 Å². The number of hydrogen-bond donors (Lipinski definition) is 1. The van der Waals surface area contributed by atoms with E-state index in [2.05, 4.69) is 101 Å². The molecular formula is C32H28N4. The van der Waals surface area contributed by atoms with Crippen molar-refractivity contribution < 1.29 is 0 Å². The van der Waals surface area contributed by atoms with Gasteiger partial charge < -0.3 is 15.2 Å². The largest absolute Gasteiger partial charge is 0.397 e. The van der Waals surface area contributed by atoms with E-state index >= 15 is 0 Å². The molecule has 0 aliphatic carbocycles. The lowest BCUT2D eigenvalue weighted by molar-refractivity contribution is 0.790. The molecule has 0 unspecified atom stereocenters. The molecule has 0 aliphatic heterocycles. The Balaban J connectivity index is 1.60. The Kier molecular flexibility index (Phi) is 5.42. The Morgan fingerprint density at radius 2 is 1.50 bits per heavy atom. The summed E-state index contributed by atoms with van der Waals surface area (Å²) in [6.45, 7) is 4.39. The van der Waals surface area contributed by atoms with E-state index in [-0.39, 0.29) is 6.04 Å². The average Bonchev–Trinajstić information content (AvgIpc) is 3.24. The standard InChI is InChI=1S/C32H28N4/c1-22(2)35(31-16-6-4-13-28(31)33)25-17-18-27-26-12-3-5-15-30(26)36(32(27)21-25)24-11-9-10-23(20-24)29-14-7-8-19-34-29/h3-22H,33H2,1-2H3. The van der Waals surface area contributed by atoms with Gasteiger partial charge in [-0.3, -0.25) is 4.98 Å². The van der Waals surface area contributed by atoms with Crippen LogP contribution in [0.25, 0.3) is 38.8 Å². The number of anilines is 3. The van der Waals surface area contributed by atoms with Gasteiger partial charge in [-0.2, -0.15) is 0 Å². The number of nitrogen functional groups attached to an aromatic ring is 1.